The molecule has 0 bridgehead atoms. The zero-order valence-electron chi connectivity index (χ0n) is 7.58. The summed E-state index contributed by atoms with van der Waals surface area (Å²) >= 11 is 5.80. The fourth-order valence-electron chi connectivity index (χ4n) is 0.903. The van der Waals surface area contributed by atoms with E-state index in [1.165, 1.54) is 12.1 Å². The highest BCUT2D eigenvalue weighted by atomic mass is 35.5. The molecule has 0 aromatic heterocycles. The summed E-state index contributed by atoms with van der Waals surface area (Å²) in [5.74, 6) is 0. The Morgan fingerprint density at radius 1 is 1.57 bits per heavy atom. The summed E-state index contributed by atoms with van der Waals surface area (Å²) in [5.41, 5.74) is 6.28. The van der Waals surface area contributed by atoms with E-state index in [-0.39, 0.29) is 5.69 Å². The Labute approximate surface area is 86.2 Å². The minimum Gasteiger partial charge on any atom is -0.320 e. The number of hydrogen-bond acceptors (Lipinski definition) is 4. The number of nitro benzene ring substituents is 1. The van der Waals surface area contributed by atoms with Crippen LogP contribution in [-0.2, 0) is 0 Å². The number of nitro groups is 1. The van der Waals surface area contributed by atoms with Gasteiger partial charge in [0.05, 0.1) is 15.6 Å². The average molecular weight is 216 g/mol. The quantitative estimate of drug-likeness (QED) is 0.597. The number of hydrogen-bond donors (Lipinski definition) is 2. The molecule has 0 heterocycles. The Bertz CT molecular complexity index is 343. The van der Waals surface area contributed by atoms with Gasteiger partial charge in [0.25, 0.3) is 5.69 Å². The van der Waals surface area contributed by atoms with E-state index >= 15 is 0 Å². The van der Waals surface area contributed by atoms with Crippen molar-refractivity contribution in [2.45, 2.75) is 6.92 Å². The van der Waals surface area contributed by atoms with Gasteiger partial charge in [-0.2, -0.15) is 0 Å². The van der Waals surface area contributed by atoms with Crippen LogP contribution >= 0.6 is 11.6 Å². The van der Waals surface area contributed by atoms with Crippen molar-refractivity contribution in [3.8, 4) is 0 Å². The lowest BCUT2D eigenvalue weighted by Crippen LogP contribution is -2.20. The maximum absolute atomic E-state index is 10.4. The van der Waals surface area contributed by atoms with E-state index in [0.717, 1.165) is 6.54 Å². The van der Waals surface area contributed by atoms with Crippen LogP contribution in [0, 0.1) is 10.1 Å². The first-order valence-electron chi connectivity index (χ1n) is 4.08. The van der Waals surface area contributed by atoms with Gasteiger partial charge >= 0.3 is 0 Å². The molecule has 5 nitrogen and oxygen atoms in total. The first-order chi connectivity index (χ1) is 6.65. The number of non-ortho nitro benzene ring substituents is 1. The number of nitrogens with zero attached hydrogens (tertiary/aromatic N) is 1. The number of nitrogens with one attached hydrogen (secondary N) is 2. The van der Waals surface area contributed by atoms with Crippen molar-refractivity contribution in [3.63, 3.8) is 0 Å². The van der Waals surface area contributed by atoms with Gasteiger partial charge in [-0.15, -0.1) is 0 Å². The molecule has 14 heavy (non-hydrogen) atoms. The molecule has 2 N–H and O–H groups in total. The summed E-state index contributed by atoms with van der Waals surface area (Å²) in [6, 6.07) is 4.26. The molecule has 0 aliphatic carbocycles. The highest BCUT2D eigenvalue weighted by Crippen LogP contribution is 2.25. The third kappa shape index (κ3) is 2.58. The van der Waals surface area contributed by atoms with Crippen LogP contribution in [0.5, 0.6) is 0 Å². The second-order valence-electron chi connectivity index (χ2n) is 2.58. The lowest BCUT2D eigenvalue weighted by Gasteiger charge is -2.07. The van der Waals surface area contributed by atoms with Gasteiger partial charge in [-0.25, -0.2) is 5.43 Å². The molecule has 0 spiro atoms. The predicted molar refractivity (Wildman–Crippen MR) is 55.4 cm³/mol. The molecule has 0 fully saturated rings. The van der Waals surface area contributed by atoms with Gasteiger partial charge in [0, 0.05) is 18.7 Å². The number of rotatable bonds is 4. The second kappa shape index (κ2) is 4.78. The topological polar surface area (TPSA) is 67.2 Å². The SMILES string of the molecule is CCNNc1ccc([N+](=O)[O-])cc1Cl. The largest absolute Gasteiger partial charge is 0.320 e. The second-order valence-corrected chi connectivity index (χ2v) is 2.98. The third-order valence-corrected chi connectivity index (χ3v) is 1.88. The molecule has 1 aromatic rings. The molecule has 76 valence electrons. The monoisotopic (exact) mass is 215 g/mol. The van der Waals surface area contributed by atoms with Gasteiger partial charge in [-0.05, 0) is 6.07 Å². The van der Waals surface area contributed by atoms with Crippen LogP contribution in [0.25, 0.3) is 0 Å². The molecule has 0 saturated carbocycles. The predicted octanol–water partition coefficient (Wildman–Crippen LogP) is 2.18. The van der Waals surface area contributed by atoms with E-state index in [1.54, 1.807) is 6.07 Å². The average Bonchev–Trinajstić information content (AvgIpc) is 2.15. The van der Waals surface area contributed by atoms with Crippen LogP contribution in [0.3, 0.4) is 0 Å². The fourth-order valence-corrected chi connectivity index (χ4v) is 1.12. The molecule has 0 aliphatic heterocycles. The first kappa shape index (κ1) is 10.7. The smallest absolute Gasteiger partial charge is 0.271 e. The summed E-state index contributed by atoms with van der Waals surface area (Å²) in [5, 5.41) is 10.7. The Kier molecular flexibility index (Phi) is 3.67. The Hall–Kier alpha value is -1.33. The zero-order chi connectivity index (χ0) is 10.6. The van der Waals surface area contributed by atoms with Gasteiger partial charge < -0.3 is 5.43 Å². The molecule has 0 amide bonds. The standard InChI is InChI=1S/C8H10ClN3O2/c1-2-10-11-8-4-3-6(12(13)14)5-7(8)9/h3-5,10-11H,2H2,1H3. The van der Waals surface area contributed by atoms with E-state index in [9.17, 15) is 10.1 Å². The zero-order valence-corrected chi connectivity index (χ0v) is 8.34. The summed E-state index contributed by atoms with van der Waals surface area (Å²) < 4.78 is 0. The Morgan fingerprint density at radius 2 is 2.29 bits per heavy atom. The van der Waals surface area contributed by atoms with Crippen LogP contribution in [0.15, 0.2) is 18.2 Å². The van der Waals surface area contributed by atoms with E-state index in [1.807, 2.05) is 6.92 Å². The van der Waals surface area contributed by atoms with Gasteiger partial charge in [0.15, 0.2) is 0 Å². The fraction of sp³-hybridized carbons (Fsp3) is 0.250. The molecular formula is C8H10ClN3O2. The number of halogens is 1. The molecule has 0 saturated heterocycles. The molecular weight excluding hydrogens is 206 g/mol. The van der Waals surface area contributed by atoms with Crippen molar-refractivity contribution in [1.29, 1.82) is 0 Å². The van der Waals surface area contributed by atoms with Crippen molar-refractivity contribution < 1.29 is 4.92 Å². The van der Waals surface area contributed by atoms with E-state index in [4.69, 9.17) is 11.6 Å². The molecule has 0 unspecified atom stereocenters. The van der Waals surface area contributed by atoms with Crippen molar-refractivity contribution in [1.82, 2.24) is 5.43 Å². The van der Waals surface area contributed by atoms with E-state index < -0.39 is 4.92 Å². The molecule has 0 radical (unpaired) electrons. The van der Waals surface area contributed by atoms with Crippen molar-refractivity contribution >= 4 is 23.0 Å². The molecule has 1 aromatic carbocycles. The Balaban J connectivity index is 2.84. The summed E-state index contributed by atoms with van der Waals surface area (Å²) in [6.45, 7) is 2.65. The minimum atomic E-state index is -0.483. The summed E-state index contributed by atoms with van der Waals surface area (Å²) in [6.07, 6.45) is 0. The Morgan fingerprint density at radius 3 is 2.79 bits per heavy atom. The van der Waals surface area contributed by atoms with E-state index in [2.05, 4.69) is 10.9 Å². The van der Waals surface area contributed by atoms with Crippen LogP contribution < -0.4 is 10.9 Å². The van der Waals surface area contributed by atoms with Crippen LogP contribution in [-0.4, -0.2) is 11.5 Å². The van der Waals surface area contributed by atoms with Crippen molar-refractivity contribution in [2.75, 3.05) is 12.0 Å². The number of hydrazine groups is 1. The van der Waals surface area contributed by atoms with Crippen LogP contribution in [0.2, 0.25) is 5.02 Å². The van der Waals surface area contributed by atoms with Crippen LogP contribution in [0.4, 0.5) is 11.4 Å². The minimum absolute atomic E-state index is 0.0166. The lowest BCUT2D eigenvalue weighted by atomic mass is 10.3. The first-order valence-corrected chi connectivity index (χ1v) is 4.45. The molecule has 1 rings (SSSR count). The maximum atomic E-state index is 10.4. The highest BCUT2D eigenvalue weighted by Gasteiger charge is 2.08. The van der Waals surface area contributed by atoms with Crippen LogP contribution in [0.1, 0.15) is 6.92 Å². The number of anilines is 1. The molecule has 0 atom stereocenters. The van der Waals surface area contributed by atoms with E-state index in [0.29, 0.717) is 10.7 Å². The van der Waals surface area contributed by atoms with Crippen molar-refractivity contribution in [3.05, 3.63) is 33.3 Å². The van der Waals surface area contributed by atoms with Gasteiger partial charge in [-0.3, -0.25) is 10.1 Å². The molecule has 6 heteroatoms. The number of benzene rings is 1. The lowest BCUT2D eigenvalue weighted by molar-refractivity contribution is -0.384. The highest BCUT2D eigenvalue weighted by molar-refractivity contribution is 6.33. The molecule has 0 aliphatic rings. The summed E-state index contributed by atoms with van der Waals surface area (Å²) in [4.78, 5) is 9.91. The van der Waals surface area contributed by atoms with Crippen molar-refractivity contribution in [2.24, 2.45) is 0 Å². The summed E-state index contributed by atoms with van der Waals surface area (Å²) in [7, 11) is 0. The van der Waals surface area contributed by atoms with Gasteiger partial charge in [0.2, 0.25) is 0 Å². The normalized spacial score (nSPS) is 9.86. The van der Waals surface area contributed by atoms with Gasteiger partial charge in [0.1, 0.15) is 0 Å². The maximum Gasteiger partial charge on any atom is 0.271 e. The third-order valence-electron chi connectivity index (χ3n) is 1.56. The van der Waals surface area contributed by atoms with Gasteiger partial charge in [-0.1, -0.05) is 18.5 Å².